The molecule has 3 nitrogen and oxygen atoms in total. The Bertz CT molecular complexity index is 308. The number of nitrogens with zero attached hydrogens (tertiary/aromatic N) is 1. The first-order valence-electron chi connectivity index (χ1n) is 3.27. The van der Waals surface area contributed by atoms with E-state index in [0.717, 1.165) is 6.08 Å². The number of hydrogen-bond acceptors (Lipinski definition) is 2. The Kier molecular flexibility index (Phi) is 2.53. The SMILES string of the molecule is O=[N+]([O-])/C(F)=C/c1ccccc1. The lowest BCUT2D eigenvalue weighted by Gasteiger charge is -1.88. The monoisotopic (exact) mass is 167 g/mol. The van der Waals surface area contributed by atoms with Crippen LogP contribution in [0.3, 0.4) is 0 Å². The molecule has 0 aromatic heterocycles. The Labute approximate surface area is 68.3 Å². The quantitative estimate of drug-likeness (QED) is 0.385. The van der Waals surface area contributed by atoms with E-state index in [0.29, 0.717) is 5.56 Å². The molecule has 0 atom stereocenters. The highest BCUT2D eigenvalue weighted by atomic mass is 19.1. The zero-order valence-corrected chi connectivity index (χ0v) is 6.11. The van der Waals surface area contributed by atoms with Gasteiger partial charge in [0.2, 0.25) is 0 Å². The third-order valence-electron chi connectivity index (χ3n) is 1.26. The van der Waals surface area contributed by atoms with Gasteiger partial charge in [0, 0.05) is 0 Å². The van der Waals surface area contributed by atoms with Gasteiger partial charge in [-0.25, -0.2) is 0 Å². The van der Waals surface area contributed by atoms with E-state index in [1.807, 2.05) is 0 Å². The Balaban J connectivity index is 2.89. The van der Waals surface area contributed by atoms with Crippen LogP contribution < -0.4 is 0 Å². The van der Waals surface area contributed by atoms with Gasteiger partial charge in [0.1, 0.15) is 0 Å². The molecule has 1 aromatic carbocycles. The van der Waals surface area contributed by atoms with Crippen molar-refractivity contribution < 1.29 is 9.31 Å². The fourth-order valence-corrected chi connectivity index (χ4v) is 0.739. The van der Waals surface area contributed by atoms with Crippen LogP contribution in [0, 0.1) is 10.1 Å². The topological polar surface area (TPSA) is 43.1 Å². The maximum absolute atomic E-state index is 12.4. The summed E-state index contributed by atoms with van der Waals surface area (Å²) in [4.78, 5) is 8.80. The minimum Gasteiger partial charge on any atom is -0.256 e. The van der Waals surface area contributed by atoms with Gasteiger partial charge in [-0.05, 0) is 5.56 Å². The van der Waals surface area contributed by atoms with Gasteiger partial charge in [-0.2, -0.15) is 0 Å². The van der Waals surface area contributed by atoms with Crippen molar-refractivity contribution in [3.05, 3.63) is 52.0 Å². The summed E-state index contributed by atoms with van der Waals surface area (Å²) in [5.74, 6) is -1.35. The molecule has 0 saturated carbocycles. The molecule has 0 radical (unpaired) electrons. The predicted molar refractivity (Wildman–Crippen MR) is 42.5 cm³/mol. The lowest BCUT2D eigenvalue weighted by atomic mass is 10.2. The molecule has 1 rings (SSSR count). The lowest BCUT2D eigenvalue weighted by Crippen LogP contribution is -1.91. The molecule has 0 saturated heterocycles. The van der Waals surface area contributed by atoms with Gasteiger partial charge in [-0.3, -0.25) is 10.1 Å². The van der Waals surface area contributed by atoms with Crippen LogP contribution in [-0.4, -0.2) is 4.92 Å². The molecule has 62 valence electrons. The maximum Gasteiger partial charge on any atom is 0.419 e. The molecule has 12 heavy (non-hydrogen) atoms. The second kappa shape index (κ2) is 3.61. The van der Waals surface area contributed by atoms with E-state index in [1.165, 1.54) is 0 Å². The van der Waals surface area contributed by atoms with E-state index in [9.17, 15) is 14.5 Å². The third kappa shape index (κ3) is 2.16. The Morgan fingerprint density at radius 1 is 1.42 bits per heavy atom. The Morgan fingerprint density at radius 2 is 2.00 bits per heavy atom. The number of hydrogen-bond donors (Lipinski definition) is 0. The summed E-state index contributed by atoms with van der Waals surface area (Å²) in [6.45, 7) is 0. The highest BCUT2D eigenvalue weighted by Crippen LogP contribution is 2.07. The van der Waals surface area contributed by atoms with Crippen LogP contribution in [-0.2, 0) is 0 Å². The van der Waals surface area contributed by atoms with Gasteiger partial charge in [-0.15, -0.1) is 4.39 Å². The first-order valence-corrected chi connectivity index (χ1v) is 3.27. The number of rotatable bonds is 2. The molecule has 0 spiro atoms. The van der Waals surface area contributed by atoms with E-state index in [4.69, 9.17) is 0 Å². The van der Waals surface area contributed by atoms with Gasteiger partial charge in [-0.1, -0.05) is 30.3 Å². The zero-order chi connectivity index (χ0) is 8.97. The summed E-state index contributed by atoms with van der Waals surface area (Å²) in [7, 11) is 0. The van der Waals surface area contributed by atoms with E-state index in [1.54, 1.807) is 30.3 Å². The highest BCUT2D eigenvalue weighted by molar-refractivity contribution is 5.48. The second-order valence-electron chi connectivity index (χ2n) is 2.13. The van der Waals surface area contributed by atoms with Crippen LogP contribution in [0.1, 0.15) is 5.56 Å². The van der Waals surface area contributed by atoms with Crippen molar-refractivity contribution >= 4 is 6.08 Å². The van der Waals surface area contributed by atoms with Gasteiger partial charge in [0.25, 0.3) is 0 Å². The summed E-state index contributed by atoms with van der Waals surface area (Å²) in [5.41, 5.74) is 0.478. The highest BCUT2D eigenvalue weighted by Gasteiger charge is 2.06. The number of benzene rings is 1. The fraction of sp³-hybridized carbons (Fsp3) is 0. The lowest BCUT2D eigenvalue weighted by molar-refractivity contribution is -0.445. The van der Waals surface area contributed by atoms with Gasteiger partial charge < -0.3 is 0 Å². The minimum atomic E-state index is -1.35. The molecule has 0 aliphatic rings. The molecule has 0 amide bonds. The molecule has 1 aromatic rings. The van der Waals surface area contributed by atoms with Crippen molar-refractivity contribution in [2.75, 3.05) is 0 Å². The smallest absolute Gasteiger partial charge is 0.256 e. The van der Waals surface area contributed by atoms with Crippen LogP contribution in [0.4, 0.5) is 4.39 Å². The second-order valence-corrected chi connectivity index (χ2v) is 2.13. The summed E-state index contributed by atoms with van der Waals surface area (Å²) < 4.78 is 12.4. The van der Waals surface area contributed by atoms with Crippen molar-refractivity contribution in [1.29, 1.82) is 0 Å². The molecule has 0 aliphatic heterocycles. The Morgan fingerprint density at radius 3 is 2.50 bits per heavy atom. The molecule has 0 bridgehead atoms. The predicted octanol–water partition coefficient (Wildman–Crippen LogP) is 2.23. The largest absolute Gasteiger partial charge is 0.419 e. The number of nitro groups is 1. The zero-order valence-electron chi connectivity index (χ0n) is 6.11. The molecule has 0 aliphatic carbocycles. The molecule has 0 N–H and O–H groups in total. The van der Waals surface area contributed by atoms with Crippen molar-refractivity contribution in [1.82, 2.24) is 0 Å². The van der Waals surface area contributed by atoms with Crippen LogP contribution in [0.2, 0.25) is 0 Å². The molecular formula is C8H6FNO2. The maximum atomic E-state index is 12.4. The first-order chi connectivity index (χ1) is 5.70. The average Bonchev–Trinajstić information content (AvgIpc) is 2.06. The van der Waals surface area contributed by atoms with E-state index in [2.05, 4.69) is 0 Å². The number of halogens is 1. The minimum absolute atomic E-state index is 0.478. The normalized spacial score (nSPS) is 11.2. The molecule has 0 unspecified atom stereocenters. The average molecular weight is 167 g/mol. The summed E-state index contributed by atoms with van der Waals surface area (Å²) in [6.07, 6.45) is 0.875. The van der Waals surface area contributed by atoms with Gasteiger partial charge in [0.15, 0.2) is 0 Å². The third-order valence-corrected chi connectivity index (χ3v) is 1.26. The first kappa shape index (κ1) is 8.39. The van der Waals surface area contributed by atoms with Crippen molar-refractivity contribution in [3.8, 4) is 0 Å². The Hall–Kier alpha value is -1.71. The van der Waals surface area contributed by atoms with E-state index in [-0.39, 0.29) is 0 Å². The van der Waals surface area contributed by atoms with Gasteiger partial charge >= 0.3 is 5.95 Å². The van der Waals surface area contributed by atoms with Crippen LogP contribution in [0.25, 0.3) is 6.08 Å². The summed E-state index contributed by atoms with van der Waals surface area (Å²) in [5, 5.41) is 9.87. The van der Waals surface area contributed by atoms with Crippen molar-refractivity contribution in [3.63, 3.8) is 0 Å². The van der Waals surface area contributed by atoms with Gasteiger partial charge in [0.05, 0.1) is 11.0 Å². The standard InChI is InChI=1S/C8H6FNO2/c9-8(10(11)12)6-7-4-2-1-3-5-7/h1-6H/b8-6+. The van der Waals surface area contributed by atoms with Crippen LogP contribution in [0.15, 0.2) is 36.3 Å². The summed E-state index contributed by atoms with van der Waals surface area (Å²) >= 11 is 0. The molecule has 0 heterocycles. The molecule has 4 heteroatoms. The van der Waals surface area contributed by atoms with Crippen LogP contribution in [0.5, 0.6) is 0 Å². The molecule has 0 fully saturated rings. The van der Waals surface area contributed by atoms with Crippen molar-refractivity contribution in [2.45, 2.75) is 0 Å². The summed E-state index contributed by atoms with van der Waals surface area (Å²) in [6, 6.07) is 8.28. The fourth-order valence-electron chi connectivity index (χ4n) is 0.739. The van der Waals surface area contributed by atoms with Crippen molar-refractivity contribution in [2.24, 2.45) is 0 Å². The van der Waals surface area contributed by atoms with E-state index >= 15 is 0 Å². The molecular weight excluding hydrogens is 161 g/mol. The van der Waals surface area contributed by atoms with Crippen LogP contribution >= 0.6 is 0 Å². The van der Waals surface area contributed by atoms with E-state index < -0.39 is 10.9 Å².